The Balaban J connectivity index is 1.68. The van der Waals surface area contributed by atoms with Crippen molar-refractivity contribution in [3.05, 3.63) is 90.0 Å². The Morgan fingerprint density at radius 3 is 2.35 bits per heavy atom. The summed E-state index contributed by atoms with van der Waals surface area (Å²) >= 11 is 5.82. The van der Waals surface area contributed by atoms with Crippen molar-refractivity contribution < 1.29 is 8.42 Å². The van der Waals surface area contributed by atoms with Crippen molar-refractivity contribution in [2.24, 2.45) is 0 Å². The van der Waals surface area contributed by atoms with Gasteiger partial charge in [0.1, 0.15) is 0 Å². The molecule has 1 N–H and O–H groups in total. The smallest absolute Gasteiger partial charge is 0.214 e. The van der Waals surface area contributed by atoms with Crippen molar-refractivity contribution in [3.8, 4) is 11.1 Å². The molecule has 0 fully saturated rings. The average Bonchev–Trinajstić information content (AvgIpc) is 2.99. The highest BCUT2D eigenvalue weighted by molar-refractivity contribution is 7.89. The van der Waals surface area contributed by atoms with Crippen LogP contribution in [0.4, 0.5) is 5.69 Å². The number of benzene rings is 3. The quantitative estimate of drug-likeness (QED) is 0.502. The highest BCUT2D eigenvalue weighted by Gasteiger charge is 2.32. The van der Waals surface area contributed by atoms with Gasteiger partial charge in [0.2, 0.25) is 10.0 Å². The number of anilines is 1. The van der Waals surface area contributed by atoms with Gasteiger partial charge in [0, 0.05) is 30.7 Å². The molecule has 0 bridgehead atoms. The van der Waals surface area contributed by atoms with Crippen molar-refractivity contribution in [1.82, 2.24) is 4.31 Å². The summed E-state index contributed by atoms with van der Waals surface area (Å²) in [6, 6.07) is 26.3. The molecule has 0 aliphatic carbocycles. The van der Waals surface area contributed by atoms with Crippen molar-refractivity contribution in [1.29, 1.82) is 0 Å². The van der Waals surface area contributed by atoms with Crippen LogP contribution in [0, 0.1) is 0 Å². The number of hydrogen-bond donors (Lipinski definition) is 1. The molecule has 162 valence electrons. The fraction of sp³-hybridized carbons (Fsp3) is 0.280. The normalized spacial score (nSPS) is 16.9. The molecule has 1 aliphatic rings. The molecule has 1 heterocycles. The first-order chi connectivity index (χ1) is 15.1. The maximum atomic E-state index is 13.3. The Labute approximate surface area is 189 Å². The lowest BCUT2D eigenvalue weighted by Gasteiger charge is -2.29. The summed E-state index contributed by atoms with van der Waals surface area (Å²) in [5.74, 6) is 0.402. The molecule has 0 amide bonds. The van der Waals surface area contributed by atoms with E-state index >= 15 is 0 Å². The Bertz CT molecular complexity index is 1100. The summed E-state index contributed by atoms with van der Waals surface area (Å²) in [5.41, 5.74) is 5.31. The van der Waals surface area contributed by atoms with Crippen LogP contribution in [0.5, 0.6) is 0 Å². The number of alkyl halides is 1. The van der Waals surface area contributed by atoms with Gasteiger partial charge in [0.25, 0.3) is 0 Å². The molecule has 6 heteroatoms. The maximum Gasteiger partial charge on any atom is 0.214 e. The van der Waals surface area contributed by atoms with Crippen LogP contribution >= 0.6 is 11.6 Å². The van der Waals surface area contributed by atoms with Crippen LogP contribution in [0.3, 0.4) is 0 Å². The van der Waals surface area contributed by atoms with Crippen molar-refractivity contribution in [2.45, 2.75) is 25.4 Å². The largest absolute Gasteiger partial charge is 0.383 e. The molecule has 4 rings (SSSR count). The minimum absolute atomic E-state index is 0.0650. The van der Waals surface area contributed by atoms with Gasteiger partial charge in [-0.15, -0.1) is 11.6 Å². The highest BCUT2D eigenvalue weighted by atomic mass is 35.5. The second kappa shape index (κ2) is 9.86. The van der Waals surface area contributed by atoms with Gasteiger partial charge < -0.3 is 5.32 Å². The van der Waals surface area contributed by atoms with E-state index in [1.807, 2.05) is 36.4 Å². The van der Waals surface area contributed by atoms with Gasteiger partial charge in [-0.25, -0.2) is 8.42 Å². The molecular formula is C25H27ClN2O2S. The van der Waals surface area contributed by atoms with Crippen LogP contribution < -0.4 is 5.32 Å². The SMILES string of the molecule is O=S(=O)(CCCCl)N1Cc2cc(-c3ccccc3)ccc2NC[C@H]1Cc1ccccc1. The Morgan fingerprint density at radius 2 is 1.65 bits per heavy atom. The summed E-state index contributed by atoms with van der Waals surface area (Å²) in [6.07, 6.45) is 1.11. The van der Waals surface area contributed by atoms with E-state index in [0.29, 0.717) is 31.8 Å². The predicted molar refractivity (Wildman–Crippen MR) is 129 cm³/mol. The van der Waals surface area contributed by atoms with E-state index in [-0.39, 0.29) is 11.8 Å². The number of sulfonamides is 1. The summed E-state index contributed by atoms with van der Waals surface area (Å²) < 4.78 is 28.3. The molecule has 31 heavy (non-hydrogen) atoms. The standard InChI is InChI=1S/C25H27ClN2O2S/c26-14-7-15-31(29,30)28-19-23-17-22(21-10-5-2-6-11-21)12-13-25(23)27-18-24(28)16-20-8-3-1-4-9-20/h1-6,8-13,17,24,27H,7,14-16,18-19H2/t24-/m1/s1. The summed E-state index contributed by atoms with van der Waals surface area (Å²) in [6.45, 7) is 0.914. The van der Waals surface area contributed by atoms with E-state index in [1.165, 1.54) is 0 Å². The van der Waals surface area contributed by atoms with Crippen LogP contribution in [0.2, 0.25) is 0 Å². The molecular weight excluding hydrogens is 428 g/mol. The Morgan fingerprint density at radius 1 is 0.935 bits per heavy atom. The van der Waals surface area contributed by atoms with E-state index in [1.54, 1.807) is 4.31 Å². The zero-order valence-electron chi connectivity index (χ0n) is 17.4. The summed E-state index contributed by atoms with van der Waals surface area (Å²) in [7, 11) is -3.45. The van der Waals surface area contributed by atoms with Gasteiger partial charge in [-0.2, -0.15) is 4.31 Å². The van der Waals surface area contributed by atoms with E-state index in [9.17, 15) is 8.42 Å². The van der Waals surface area contributed by atoms with Gasteiger partial charge in [0.05, 0.1) is 5.75 Å². The van der Waals surface area contributed by atoms with Gasteiger partial charge in [-0.05, 0) is 47.2 Å². The van der Waals surface area contributed by atoms with Gasteiger partial charge in [-0.3, -0.25) is 0 Å². The molecule has 0 aromatic heterocycles. The van der Waals surface area contributed by atoms with Crippen molar-refractivity contribution in [2.75, 3.05) is 23.5 Å². The molecule has 4 nitrogen and oxygen atoms in total. The third kappa shape index (κ3) is 5.29. The lowest BCUT2D eigenvalue weighted by molar-refractivity contribution is 0.326. The number of halogens is 1. The van der Waals surface area contributed by atoms with Gasteiger partial charge in [0.15, 0.2) is 0 Å². The minimum atomic E-state index is -3.45. The Hall–Kier alpha value is -2.34. The maximum absolute atomic E-state index is 13.3. The van der Waals surface area contributed by atoms with Crippen LogP contribution in [-0.2, 0) is 23.0 Å². The highest BCUT2D eigenvalue weighted by Crippen LogP contribution is 2.31. The molecule has 0 unspecified atom stereocenters. The fourth-order valence-corrected chi connectivity index (χ4v) is 6.05. The van der Waals surface area contributed by atoms with Gasteiger partial charge in [-0.1, -0.05) is 66.7 Å². The van der Waals surface area contributed by atoms with Crippen LogP contribution in [0.25, 0.3) is 11.1 Å². The van der Waals surface area contributed by atoms with E-state index in [4.69, 9.17) is 11.6 Å². The first kappa shape index (κ1) is 21.9. The third-order valence-corrected chi connectivity index (χ3v) is 7.90. The van der Waals surface area contributed by atoms with Crippen molar-refractivity contribution >= 4 is 27.3 Å². The van der Waals surface area contributed by atoms with Gasteiger partial charge >= 0.3 is 0 Å². The average molecular weight is 455 g/mol. The number of nitrogens with one attached hydrogen (secondary N) is 1. The summed E-state index contributed by atoms with van der Waals surface area (Å²) in [5, 5.41) is 3.50. The van der Waals surface area contributed by atoms with E-state index in [2.05, 4.69) is 47.8 Å². The third-order valence-electron chi connectivity index (χ3n) is 5.68. The number of nitrogens with zero attached hydrogens (tertiary/aromatic N) is 1. The number of hydrogen-bond acceptors (Lipinski definition) is 3. The molecule has 1 atom stereocenters. The zero-order valence-corrected chi connectivity index (χ0v) is 18.9. The fourth-order valence-electron chi connectivity index (χ4n) is 4.07. The number of rotatable bonds is 7. The van der Waals surface area contributed by atoms with Crippen LogP contribution in [0.1, 0.15) is 17.5 Å². The molecule has 0 radical (unpaired) electrons. The van der Waals surface area contributed by atoms with E-state index < -0.39 is 10.0 Å². The lowest BCUT2D eigenvalue weighted by atomic mass is 10.0. The van der Waals surface area contributed by atoms with Crippen molar-refractivity contribution in [3.63, 3.8) is 0 Å². The molecule has 3 aromatic carbocycles. The predicted octanol–water partition coefficient (Wildman–Crippen LogP) is 5.15. The monoisotopic (exact) mass is 454 g/mol. The second-order valence-electron chi connectivity index (χ2n) is 7.87. The molecule has 0 saturated carbocycles. The molecule has 0 spiro atoms. The second-order valence-corrected chi connectivity index (χ2v) is 10.3. The van der Waals surface area contributed by atoms with E-state index in [0.717, 1.165) is 27.9 Å². The summed E-state index contributed by atoms with van der Waals surface area (Å²) in [4.78, 5) is 0. The number of fused-ring (bicyclic) bond motifs is 1. The van der Waals surface area contributed by atoms with Crippen LogP contribution in [0.15, 0.2) is 78.9 Å². The molecule has 0 saturated heterocycles. The lowest BCUT2D eigenvalue weighted by Crippen LogP contribution is -2.44. The minimum Gasteiger partial charge on any atom is -0.383 e. The topological polar surface area (TPSA) is 49.4 Å². The first-order valence-electron chi connectivity index (χ1n) is 10.6. The molecule has 1 aliphatic heterocycles. The molecule has 3 aromatic rings. The van der Waals surface area contributed by atoms with Crippen LogP contribution in [-0.4, -0.2) is 36.9 Å². The Kier molecular flexibility index (Phi) is 6.96. The first-order valence-corrected chi connectivity index (χ1v) is 12.7. The zero-order chi connectivity index (χ0) is 21.7.